The summed E-state index contributed by atoms with van der Waals surface area (Å²) in [5.74, 6) is -0.651. The largest absolute Gasteiger partial charge is 0.388 e. The summed E-state index contributed by atoms with van der Waals surface area (Å²) in [5.41, 5.74) is 2.24. The summed E-state index contributed by atoms with van der Waals surface area (Å²) in [4.78, 5) is 13.0. The quantitative estimate of drug-likeness (QED) is 0.531. The Balaban J connectivity index is 2.39. The van der Waals surface area contributed by atoms with Crippen molar-refractivity contribution in [3.8, 4) is 0 Å². The van der Waals surface area contributed by atoms with Gasteiger partial charge in [-0.3, -0.25) is 4.79 Å². The average Bonchev–Trinajstić information content (AvgIpc) is 2.74. The fraction of sp³-hybridized carbons (Fsp3) is 0.375. The molecule has 5 nitrogen and oxygen atoms in total. The molecule has 1 N–H and O–H groups in total. The van der Waals surface area contributed by atoms with Crippen LogP contribution in [0.4, 0.5) is 0 Å². The Labute approximate surface area is 190 Å². The van der Waals surface area contributed by atoms with Gasteiger partial charge in [-0.1, -0.05) is 91.5 Å². The van der Waals surface area contributed by atoms with Crippen LogP contribution in [0.3, 0.4) is 0 Å². The second kappa shape index (κ2) is 11.1. The lowest BCUT2D eigenvalue weighted by atomic mass is 10.0. The third-order valence-corrected chi connectivity index (χ3v) is 8.06. The van der Waals surface area contributed by atoms with Crippen molar-refractivity contribution in [2.75, 3.05) is 6.26 Å². The summed E-state index contributed by atoms with van der Waals surface area (Å²) in [6, 6.07) is 18.3. The smallest absolute Gasteiger partial charge is 0.211 e. The Morgan fingerprint density at radius 1 is 1.06 bits per heavy atom. The molecule has 31 heavy (non-hydrogen) atoms. The van der Waals surface area contributed by atoms with Crippen molar-refractivity contribution in [3.63, 3.8) is 0 Å². The molecule has 0 fully saturated rings. The molecule has 0 unspecified atom stereocenters. The molecule has 0 aliphatic carbocycles. The van der Waals surface area contributed by atoms with Crippen LogP contribution in [0.2, 0.25) is 0 Å². The number of carbonyl (C=O) groups excluding carboxylic acids is 1. The van der Waals surface area contributed by atoms with Crippen LogP contribution < -0.4 is 0 Å². The van der Waals surface area contributed by atoms with Crippen LogP contribution in [0.1, 0.15) is 37.1 Å². The lowest BCUT2D eigenvalue weighted by molar-refractivity contribution is -0.116. The molecule has 0 spiro atoms. The maximum absolute atomic E-state index is 13.0. The molecule has 2 aromatic rings. The van der Waals surface area contributed by atoms with Gasteiger partial charge >= 0.3 is 0 Å². The van der Waals surface area contributed by atoms with Gasteiger partial charge in [0.15, 0.2) is 5.12 Å². The molecule has 0 saturated heterocycles. The summed E-state index contributed by atoms with van der Waals surface area (Å²) >= 11 is 1.07. The van der Waals surface area contributed by atoms with E-state index in [-0.39, 0.29) is 11.7 Å². The first-order valence-corrected chi connectivity index (χ1v) is 12.8. The number of hydrogen-bond acceptors (Lipinski definition) is 5. The molecule has 0 bridgehead atoms. The fourth-order valence-electron chi connectivity index (χ4n) is 3.35. The van der Waals surface area contributed by atoms with Gasteiger partial charge in [-0.25, -0.2) is 8.42 Å². The van der Waals surface area contributed by atoms with Crippen LogP contribution >= 0.6 is 11.8 Å². The topological polar surface area (TPSA) is 74.7 Å². The van der Waals surface area contributed by atoms with Crippen LogP contribution in [0, 0.1) is 5.92 Å². The molecule has 2 rings (SSSR count). The zero-order valence-corrected chi connectivity index (χ0v) is 20.1. The van der Waals surface area contributed by atoms with Gasteiger partial charge in [0.05, 0.1) is 23.5 Å². The number of thioether (sulfide) groups is 1. The summed E-state index contributed by atoms with van der Waals surface area (Å²) in [6.45, 7) is 9.12. The molecule has 2 aromatic carbocycles. The number of sulfonamides is 1. The van der Waals surface area contributed by atoms with Crippen molar-refractivity contribution in [1.29, 1.82) is 0 Å². The van der Waals surface area contributed by atoms with E-state index in [9.17, 15) is 18.3 Å². The van der Waals surface area contributed by atoms with Crippen molar-refractivity contribution in [2.45, 2.75) is 44.7 Å². The van der Waals surface area contributed by atoms with Crippen LogP contribution in [-0.4, -0.2) is 41.3 Å². The summed E-state index contributed by atoms with van der Waals surface area (Å²) in [6.07, 6.45) is 0.246. The van der Waals surface area contributed by atoms with E-state index < -0.39 is 33.3 Å². The summed E-state index contributed by atoms with van der Waals surface area (Å²) in [7, 11) is -3.56. The molecular weight excluding hydrogens is 430 g/mol. The van der Waals surface area contributed by atoms with E-state index in [0.717, 1.165) is 22.9 Å². The maximum Gasteiger partial charge on any atom is 0.211 e. The van der Waals surface area contributed by atoms with Gasteiger partial charge in [0, 0.05) is 12.6 Å². The Morgan fingerprint density at radius 3 is 2.06 bits per heavy atom. The highest BCUT2D eigenvalue weighted by molar-refractivity contribution is 8.13. The van der Waals surface area contributed by atoms with Crippen LogP contribution in [-0.2, 0) is 21.4 Å². The first-order chi connectivity index (χ1) is 14.5. The number of rotatable bonds is 10. The summed E-state index contributed by atoms with van der Waals surface area (Å²) in [5, 5.41) is 9.64. The molecule has 0 amide bonds. The molecular formula is C24H31NO4S2. The molecule has 0 saturated carbocycles. The van der Waals surface area contributed by atoms with Crippen molar-refractivity contribution >= 4 is 26.9 Å². The van der Waals surface area contributed by atoms with Gasteiger partial charge in [-0.2, -0.15) is 4.31 Å². The number of aliphatic hydroxyl groups is 1. The molecule has 7 heteroatoms. The van der Waals surface area contributed by atoms with Gasteiger partial charge in [-0.05, 0) is 25.0 Å². The molecule has 168 valence electrons. The van der Waals surface area contributed by atoms with Gasteiger partial charge < -0.3 is 5.11 Å². The summed E-state index contributed by atoms with van der Waals surface area (Å²) < 4.78 is 26.9. The molecule has 4 atom stereocenters. The second-order valence-electron chi connectivity index (χ2n) is 7.88. The maximum atomic E-state index is 13.0. The highest BCUT2D eigenvalue weighted by atomic mass is 32.2. The molecule has 0 aliphatic heterocycles. The van der Waals surface area contributed by atoms with Crippen LogP contribution in [0.25, 0.3) is 0 Å². The SMILES string of the molecule is C=C(C)[C@H](O)[C@H](C)C(=O)S[C@@H](c1ccccc1)[C@@H](C)N(Cc1ccccc1)S(C)(=O)=O. The van der Waals surface area contributed by atoms with Crippen LogP contribution in [0.15, 0.2) is 72.8 Å². The van der Waals surface area contributed by atoms with E-state index in [1.54, 1.807) is 13.8 Å². The lowest BCUT2D eigenvalue weighted by Crippen LogP contribution is -2.40. The van der Waals surface area contributed by atoms with E-state index in [1.807, 2.05) is 67.6 Å². The highest BCUT2D eigenvalue weighted by Crippen LogP contribution is 2.38. The van der Waals surface area contributed by atoms with E-state index in [1.165, 1.54) is 10.6 Å². The Kier molecular flexibility index (Phi) is 9.06. The Bertz CT molecular complexity index is 977. The minimum Gasteiger partial charge on any atom is -0.388 e. The van der Waals surface area contributed by atoms with Gasteiger partial charge in [0.25, 0.3) is 0 Å². The predicted octanol–water partition coefficient (Wildman–Crippen LogP) is 4.41. The van der Waals surface area contributed by atoms with E-state index >= 15 is 0 Å². The molecule has 0 aliphatic rings. The number of aliphatic hydroxyl groups excluding tert-OH is 1. The molecule has 0 heterocycles. The van der Waals surface area contributed by atoms with Crippen molar-refractivity contribution in [3.05, 3.63) is 83.9 Å². The molecule has 0 aromatic heterocycles. The van der Waals surface area contributed by atoms with Crippen molar-refractivity contribution in [1.82, 2.24) is 4.31 Å². The lowest BCUT2D eigenvalue weighted by Gasteiger charge is -2.33. The number of hydrogen-bond donors (Lipinski definition) is 1. The Hall–Kier alpha value is -1.93. The van der Waals surface area contributed by atoms with Crippen LogP contribution in [0.5, 0.6) is 0 Å². The van der Waals surface area contributed by atoms with Gasteiger partial charge in [-0.15, -0.1) is 0 Å². The number of benzene rings is 2. The predicted molar refractivity (Wildman–Crippen MR) is 128 cm³/mol. The average molecular weight is 462 g/mol. The van der Waals surface area contributed by atoms with Crippen molar-refractivity contribution < 1.29 is 18.3 Å². The zero-order valence-electron chi connectivity index (χ0n) is 18.4. The third-order valence-electron chi connectivity index (χ3n) is 5.22. The normalized spacial score (nSPS) is 15.8. The second-order valence-corrected chi connectivity index (χ2v) is 11.0. The number of nitrogens with zero attached hydrogens (tertiary/aromatic N) is 1. The molecule has 0 radical (unpaired) electrons. The third kappa shape index (κ3) is 7.04. The fourth-order valence-corrected chi connectivity index (χ4v) is 5.77. The highest BCUT2D eigenvalue weighted by Gasteiger charge is 2.35. The standard InChI is InChI=1S/C24H31NO4S2/c1-17(2)22(26)18(3)24(27)30-23(21-14-10-7-11-15-21)19(4)25(31(5,28)29)16-20-12-8-6-9-13-20/h6-15,18-19,22-23,26H,1,16H2,2-5H3/t18-,19+,22-,23+/m0/s1. The van der Waals surface area contributed by atoms with E-state index in [4.69, 9.17) is 0 Å². The van der Waals surface area contributed by atoms with Crippen molar-refractivity contribution in [2.24, 2.45) is 5.92 Å². The minimum atomic E-state index is -3.56. The van der Waals surface area contributed by atoms with Gasteiger partial charge in [0.1, 0.15) is 0 Å². The monoisotopic (exact) mass is 461 g/mol. The minimum absolute atomic E-state index is 0.204. The first kappa shape index (κ1) is 25.3. The first-order valence-electron chi connectivity index (χ1n) is 10.1. The zero-order chi connectivity index (χ0) is 23.2. The van der Waals surface area contributed by atoms with Gasteiger partial charge in [0.2, 0.25) is 10.0 Å². The van der Waals surface area contributed by atoms with E-state index in [0.29, 0.717) is 5.57 Å². The van der Waals surface area contributed by atoms with E-state index in [2.05, 4.69) is 6.58 Å². The number of carbonyl (C=O) groups is 1. The Morgan fingerprint density at radius 2 is 1.58 bits per heavy atom.